The standard InChI is InChI=1S/C28H30Cl2N2O5/c1-5-37-28(34)22(32-27(33)26-20(29)7-6-8-21(26)30)13-17-9-11-19(12-10-17)25-23(35-3)14-18(16-31-2)15-24(25)36-4/h6-12,14-15,22,31H,5,13,16H2,1-4H3,(H,32,33)/t22-/m0/s1. The summed E-state index contributed by atoms with van der Waals surface area (Å²) in [5.41, 5.74) is 3.66. The van der Waals surface area contributed by atoms with Crippen LogP contribution in [0.15, 0.2) is 54.6 Å². The van der Waals surface area contributed by atoms with Gasteiger partial charge < -0.3 is 24.8 Å². The van der Waals surface area contributed by atoms with Crippen molar-refractivity contribution >= 4 is 35.1 Å². The molecule has 1 amide bonds. The van der Waals surface area contributed by atoms with E-state index in [-0.39, 0.29) is 28.6 Å². The number of esters is 1. The third-order valence-corrected chi connectivity index (χ3v) is 6.33. The summed E-state index contributed by atoms with van der Waals surface area (Å²) in [7, 11) is 5.11. The summed E-state index contributed by atoms with van der Waals surface area (Å²) >= 11 is 12.4. The average Bonchev–Trinajstić information content (AvgIpc) is 2.88. The molecule has 3 rings (SSSR count). The molecule has 0 aliphatic heterocycles. The lowest BCUT2D eigenvalue weighted by Gasteiger charge is -2.19. The molecule has 0 saturated heterocycles. The third kappa shape index (κ3) is 6.95. The molecular formula is C28H30Cl2N2O5. The molecule has 0 radical (unpaired) electrons. The topological polar surface area (TPSA) is 85.9 Å². The predicted molar refractivity (Wildman–Crippen MR) is 146 cm³/mol. The van der Waals surface area contributed by atoms with E-state index in [4.69, 9.17) is 37.4 Å². The SMILES string of the molecule is CCOC(=O)[C@H](Cc1ccc(-c2c(OC)cc(CNC)cc2OC)cc1)NC(=O)c1c(Cl)cccc1Cl. The molecule has 1 atom stereocenters. The van der Waals surface area contributed by atoms with Crippen molar-refractivity contribution in [1.29, 1.82) is 0 Å². The Morgan fingerprint density at radius 2 is 1.51 bits per heavy atom. The van der Waals surface area contributed by atoms with Gasteiger partial charge >= 0.3 is 5.97 Å². The second kappa shape index (κ2) is 13.3. The monoisotopic (exact) mass is 544 g/mol. The number of halogens is 2. The molecule has 3 aromatic carbocycles. The summed E-state index contributed by atoms with van der Waals surface area (Å²) < 4.78 is 16.5. The van der Waals surface area contributed by atoms with Crippen molar-refractivity contribution in [3.8, 4) is 22.6 Å². The number of benzene rings is 3. The molecule has 0 aromatic heterocycles. The van der Waals surface area contributed by atoms with Crippen LogP contribution >= 0.6 is 23.2 Å². The molecule has 7 nitrogen and oxygen atoms in total. The van der Waals surface area contributed by atoms with Crippen LogP contribution in [0.3, 0.4) is 0 Å². The van der Waals surface area contributed by atoms with E-state index in [0.29, 0.717) is 18.0 Å². The van der Waals surface area contributed by atoms with Gasteiger partial charge in [-0.2, -0.15) is 0 Å². The summed E-state index contributed by atoms with van der Waals surface area (Å²) in [5, 5.41) is 6.24. The van der Waals surface area contributed by atoms with Crippen molar-refractivity contribution < 1.29 is 23.8 Å². The number of rotatable bonds is 11. The summed E-state index contributed by atoms with van der Waals surface area (Å²) in [4.78, 5) is 25.6. The molecule has 0 aliphatic carbocycles. The van der Waals surface area contributed by atoms with Gasteiger partial charge in [0.2, 0.25) is 0 Å². The molecule has 9 heteroatoms. The van der Waals surface area contributed by atoms with E-state index in [1.807, 2.05) is 43.4 Å². The molecule has 37 heavy (non-hydrogen) atoms. The van der Waals surface area contributed by atoms with Crippen LogP contribution in [-0.4, -0.2) is 45.8 Å². The van der Waals surface area contributed by atoms with Crippen LogP contribution in [0.4, 0.5) is 0 Å². The first-order valence-electron chi connectivity index (χ1n) is 11.7. The Bertz CT molecular complexity index is 1200. The molecule has 0 bridgehead atoms. The van der Waals surface area contributed by atoms with Crippen LogP contribution in [0.5, 0.6) is 11.5 Å². The minimum atomic E-state index is -0.935. The fourth-order valence-electron chi connectivity index (χ4n) is 3.98. The first kappa shape index (κ1) is 28.3. The Kier molecular flexibility index (Phi) is 10.2. The quantitative estimate of drug-likeness (QED) is 0.318. The van der Waals surface area contributed by atoms with Gasteiger partial charge in [-0.1, -0.05) is 53.5 Å². The van der Waals surface area contributed by atoms with Crippen LogP contribution in [0.1, 0.15) is 28.4 Å². The molecule has 3 aromatic rings. The maximum Gasteiger partial charge on any atom is 0.328 e. The van der Waals surface area contributed by atoms with Gasteiger partial charge in [0.05, 0.1) is 42.0 Å². The highest BCUT2D eigenvalue weighted by molar-refractivity contribution is 6.39. The summed E-state index contributed by atoms with van der Waals surface area (Å²) in [6.07, 6.45) is 0.211. The Labute approximate surface area is 227 Å². The van der Waals surface area contributed by atoms with Crippen molar-refractivity contribution in [3.63, 3.8) is 0 Å². The molecule has 0 fully saturated rings. The zero-order valence-corrected chi connectivity index (χ0v) is 22.7. The zero-order chi connectivity index (χ0) is 26.9. The Morgan fingerprint density at radius 3 is 2.03 bits per heavy atom. The van der Waals surface area contributed by atoms with Gasteiger partial charge in [-0.3, -0.25) is 4.79 Å². The van der Waals surface area contributed by atoms with Gasteiger partial charge in [0.1, 0.15) is 17.5 Å². The van der Waals surface area contributed by atoms with Crippen LogP contribution in [0, 0.1) is 0 Å². The van der Waals surface area contributed by atoms with Crippen LogP contribution in [0.2, 0.25) is 10.0 Å². The number of nitrogens with one attached hydrogen (secondary N) is 2. The fourth-order valence-corrected chi connectivity index (χ4v) is 4.55. The largest absolute Gasteiger partial charge is 0.496 e. The number of carbonyl (C=O) groups excluding carboxylic acids is 2. The van der Waals surface area contributed by atoms with Crippen molar-refractivity contribution in [1.82, 2.24) is 10.6 Å². The van der Waals surface area contributed by atoms with E-state index in [2.05, 4.69) is 10.6 Å². The van der Waals surface area contributed by atoms with E-state index in [1.54, 1.807) is 39.3 Å². The zero-order valence-electron chi connectivity index (χ0n) is 21.2. The van der Waals surface area contributed by atoms with E-state index in [0.717, 1.165) is 22.3 Å². The average molecular weight is 545 g/mol. The summed E-state index contributed by atoms with van der Waals surface area (Å²) in [6, 6.07) is 15.4. The molecule has 0 spiro atoms. The lowest BCUT2D eigenvalue weighted by Crippen LogP contribution is -2.43. The van der Waals surface area contributed by atoms with Gasteiger partial charge in [0, 0.05) is 13.0 Å². The lowest BCUT2D eigenvalue weighted by molar-refractivity contribution is -0.145. The van der Waals surface area contributed by atoms with Crippen molar-refractivity contribution in [2.75, 3.05) is 27.9 Å². The van der Waals surface area contributed by atoms with Gasteiger partial charge in [0.15, 0.2) is 0 Å². The van der Waals surface area contributed by atoms with Crippen LogP contribution in [0.25, 0.3) is 11.1 Å². The van der Waals surface area contributed by atoms with E-state index >= 15 is 0 Å². The number of methoxy groups -OCH3 is 2. The molecule has 0 saturated carbocycles. The van der Waals surface area contributed by atoms with Crippen molar-refractivity contribution in [2.24, 2.45) is 0 Å². The fraction of sp³-hybridized carbons (Fsp3) is 0.286. The van der Waals surface area contributed by atoms with Gasteiger partial charge in [-0.25, -0.2) is 4.79 Å². The predicted octanol–water partition coefficient (Wildman–Crippen LogP) is 5.30. The first-order valence-corrected chi connectivity index (χ1v) is 12.5. The molecule has 2 N–H and O–H groups in total. The number of carbonyl (C=O) groups is 2. The lowest BCUT2D eigenvalue weighted by atomic mass is 9.97. The highest BCUT2D eigenvalue weighted by atomic mass is 35.5. The number of hydrogen-bond donors (Lipinski definition) is 2. The molecule has 196 valence electrons. The highest BCUT2D eigenvalue weighted by Crippen LogP contribution is 2.39. The minimum absolute atomic E-state index is 0.108. The number of hydrogen-bond acceptors (Lipinski definition) is 6. The molecule has 0 heterocycles. The Hall–Kier alpha value is -3.26. The van der Waals surface area contributed by atoms with E-state index in [9.17, 15) is 9.59 Å². The minimum Gasteiger partial charge on any atom is -0.496 e. The Balaban J connectivity index is 1.88. The Morgan fingerprint density at radius 1 is 0.919 bits per heavy atom. The second-order valence-electron chi connectivity index (χ2n) is 8.18. The van der Waals surface area contributed by atoms with Gasteiger partial charge in [-0.15, -0.1) is 0 Å². The van der Waals surface area contributed by atoms with Gasteiger partial charge in [-0.05, 0) is 54.9 Å². The second-order valence-corrected chi connectivity index (χ2v) is 9.00. The van der Waals surface area contributed by atoms with Crippen LogP contribution in [-0.2, 0) is 22.5 Å². The normalized spacial score (nSPS) is 11.5. The maximum atomic E-state index is 12.9. The third-order valence-electron chi connectivity index (χ3n) is 5.70. The van der Waals surface area contributed by atoms with Crippen molar-refractivity contribution in [3.05, 3.63) is 81.3 Å². The van der Waals surface area contributed by atoms with Crippen LogP contribution < -0.4 is 20.1 Å². The highest BCUT2D eigenvalue weighted by Gasteiger charge is 2.25. The van der Waals surface area contributed by atoms with E-state index in [1.165, 1.54) is 0 Å². The smallest absolute Gasteiger partial charge is 0.328 e. The number of ether oxygens (including phenoxy) is 3. The van der Waals surface area contributed by atoms with E-state index < -0.39 is 17.9 Å². The van der Waals surface area contributed by atoms with Gasteiger partial charge in [0.25, 0.3) is 5.91 Å². The first-order chi connectivity index (χ1) is 17.8. The molecule has 0 unspecified atom stereocenters. The summed E-state index contributed by atoms with van der Waals surface area (Å²) in [5.74, 6) is 0.268. The molecular weight excluding hydrogens is 515 g/mol. The number of amides is 1. The maximum absolute atomic E-state index is 12.9. The van der Waals surface area contributed by atoms with Crippen molar-refractivity contribution in [2.45, 2.75) is 25.9 Å². The summed E-state index contributed by atoms with van der Waals surface area (Å²) in [6.45, 7) is 2.56. The molecule has 0 aliphatic rings.